The van der Waals surface area contributed by atoms with Crippen LogP contribution in [0.3, 0.4) is 0 Å². The van der Waals surface area contributed by atoms with Gasteiger partial charge in [0.2, 0.25) is 10.3 Å². The zero-order chi connectivity index (χ0) is 12.7. The molecule has 1 atom stereocenters. The molecule has 0 aliphatic carbocycles. The van der Waals surface area contributed by atoms with Crippen LogP contribution in [0, 0.1) is 5.82 Å². The first-order valence-electron chi connectivity index (χ1n) is 5.25. The molecule has 0 bridgehead atoms. The summed E-state index contributed by atoms with van der Waals surface area (Å²) in [5, 5.41) is 4.01. The maximum Gasteiger partial charge on any atom is 0.216 e. The zero-order valence-electron chi connectivity index (χ0n) is 9.12. The Labute approximate surface area is 103 Å². The maximum absolute atomic E-state index is 13.2. The Morgan fingerprint density at radius 1 is 1.39 bits per heavy atom. The van der Waals surface area contributed by atoms with Gasteiger partial charge < -0.3 is 0 Å². The smallest absolute Gasteiger partial charge is 0.216 e. The molecule has 1 aliphatic heterocycles. The van der Waals surface area contributed by atoms with Gasteiger partial charge >= 0.3 is 0 Å². The standard InChI is InChI=1S/C11H8FN3O2S/c12-8-3-1-2-7(4-8)11-9(18(16)17)5-10-13-6-14-15(10)11/h1-4,6,11H,5H2. The lowest BCUT2D eigenvalue weighted by molar-refractivity contribution is 0.609. The molecule has 7 heteroatoms. The number of halogens is 1. The van der Waals surface area contributed by atoms with Crippen molar-refractivity contribution in [2.75, 3.05) is 0 Å². The summed E-state index contributed by atoms with van der Waals surface area (Å²) >= 11 is 0. The van der Waals surface area contributed by atoms with E-state index in [0.29, 0.717) is 11.4 Å². The van der Waals surface area contributed by atoms with E-state index in [4.69, 9.17) is 0 Å². The third-order valence-corrected chi connectivity index (χ3v) is 3.70. The Morgan fingerprint density at radius 3 is 2.94 bits per heavy atom. The number of hydrogen-bond acceptors (Lipinski definition) is 4. The van der Waals surface area contributed by atoms with Crippen LogP contribution in [0.25, 0.3) is 0 Å². The lowest BCUT2D eigenvalue weighted by atomic mass is 10.0. The van der Waals surface area contributed by atoms with Crippen molar-refractivity contribution in [3.05, 3.63) is 47.8 Å². The molecule has 0 fully saturated rings. The van der Waals surface area contributed by atoms with E-state index >= 15 is 0 Å². The molecule has 92 valence electrons. The highest BCUT2D eigenvalue weighted by atomic mass is 32.2. The monoisotopic (exact) mass is 265 g/mol. The van der Waals surface area contributed by atoms with Gasteiger partial charge in [-0.3, -0.25) is 0 Å². The predicted molar refractivity (Wildman–Crippen MR) is 62.2 cm³/mol. The van der Waals surface area contributed by atoms with Gasteiger partial charge in [0.25, 0.3) is 0 Å². The molecule has 2 heterocycles. The van der Waals surface area contributed by atoms with E-state index in [1.165, 1.54) is 23.1 Å². The van der Waals surface area contributed by atoms with Crippen molar-refractivity contribution in [1.29, 1.82) is 0 Å². The first-order valence-corrected chi connectivity index (χ1v) is 6.33. The second-order valence-corrected chi connectivity index (χ2v) is 4.95. The average Bonchev–Trinajstić information content (AvgIpc) is 2.87. The Hall–Kier alpha value is -2.02. The lowest BCUT2D eigenvalue weighted by Crippen LogP contribution is -2.16. The molecule has 0 saturated carbocycles. The highest BCUT2D eigenvalue weighted by molar-refractivity contribution is 7.73. The van der Waals surface area contributed by atoms with Crippen LogP contribution in [-0.4, -0.2) is 28.0 Å². The summed E-state index contributed by atoms with van der Waals surface area (Å²) < 4.78 is 37.2. The Balaban J connectivity index is 2.22. The molecule has 3 rings (SSSR count). The van der Waals surface area contributed by atoms with Crippen LogP contribution in [0.5, 0.6) is 0 Å². The van der Waals surface area contributed by atoms with Crippen molar-refractivity contribution in [2.45, 2.75) is 12.5 Å². The third kappa shape index (κ3) is 1.63. The van der Waals surface area contributed by atoms with Gasteiger partial charge in [-0.25, -0.2) is 14.1 Å². The van der Waals surface area contributed by atoms with Crippen molar-refractivity contribution in [2.24, 2.45) is 0 Å². The fourth-order valence-corrected chi connectivity index (χ4v) is 2.82. The highest BCUT2D eigenvalue weighted by Gasteiger charge is 2.32. The van der Waals surface area contributed by atoms with Crippen LogP contribution < -0.4 is 0 Å². The summed E-state index contributed by atoms with van der Waals surface area (Å²) in [7, 11) is -2.34. The Morgan fingerprint density at radius 2 is 2.22 bits per heavy atom. The van der Waals surface area contributed by atoms with E-state index in [-0.39, 0.29) is 11.3 Å². The van der Waals surface area contributed by atoms with Crippen LogP contribution in [0.4, 0.5) is 4.39 Å². The summed E-state index contributed by atoms with van der Waals surface area (Å²) in [4.78, 5) is 4.25. The minimum absolute atomic E-state index is 0.220. The Kier molecular flexibility index (Phi) is 2.48. The molecule has 0 radical (unpaired) electrons. The first-order chi connectivity index (χ1) is 8.66. The summed E-state index contributed by atoms with van der Waals surface area (Å²) in [6.07, 6.45) is 1.59. The van der Waals surface area contributed by atoms with Crippen LogP contribution in [-0.2, 0) is 16.7 Å². The lowest BCUT2D eigenvalue weighted by Gasteiger charge is -2.11. The van der Waals surface area contributed by atoms with Crippen molar-refractivity contribution in [1.82, 2.24) is 14.8 Å². The molecule has 0 saturated heterocycles. The molecule has 2 aromatic rings. The molecule has 1 aromatic carbocycles. The molecule has 0 spiro atoms. The number of rotatable bonds is 1. The fourth-order valence-electron chi connectivity index (χ4n) is 2.16. The number of fused-ring (bicyclic) bond motifs is 1. The molecule has 5 nitrogen and oxygen atoms in total. The first kappa shape index (κ1) is 11.1. The van der Waals surface area contributed by atoms with Crippen LogP contribution in [0.1, 0.15) is 17.4 Å². The van der Waals surface area contributed by atoms with Crippen LogP contribution in [0.15, 0.2) is 30.6 Å². The average molecular weight is 265 g/mol. The summed E-state index contributed by atoms with van der Waals surface area (Å²) in [6.45, 7) is 0. The predicted octanol–water partition coefficient (Wildman–Crippen LogP) is 0.614. The van der Waals surface area contributed by atoms with E-state index in [0.717, 1.165) is 0 Å². The molecule has 1 aromatic heterocycles. The molecular weight excluding hydrogens is 257 g/mol. The number of benzene rings is 1. The van der Waals surface area contributed by atoms with E-state index in [9.17, 15) is 12.8 Å². The van der Waals surface area contributed by atoms with E-state index in [1.807, 2.05) is 0 Å². The van der Waals surface area contributed by atoms with Gasteiger partial charge in [0, 0.05) is 6.42 Å². The third-order valence-electron chi connectivity index (χ3n) is 2.91. The fraction of sp³-hybridized carbons (Fsp3) is 0.182. The van der Waals surface area contributed by atoms with Gasteiger partial charge in [0.1, 0.15) is 24.0 Å². The molecule has 0 amide bonds. The Bertz CT molecular complexity index is 743. The second kappa shape index (κ2) is 4.02. The largest absolute Gasteiger partial charge is 0.237 e. The molecule has 1 unspecified atom stereocenters. The van der Waals surface area contributed by atoms with Gasteiger partial charge in [0.05, 0.1) is 4.86 Å². The quantitative estimate of drug-likeness (QED) is 0.709. The van der Waals surface area contributed by atoms with Gasteiger partial charge in [-0.05, 0) is 17.7 Å². The zero-order valence-corrected chi connectivity index (χ0v) is 9.93. The van der Waals surface area contributed by atoms with E-state index in [2.05, 4.69) is 10.1 Å². The number of nitrogens with zero attached hydrogens (tertiary/aromatic N) is 3. The second-order valence-electron chi connectivity index (χ2n) is 3.96. The molecular formula is C11H8FN3O2S. The summed E-state index contributed by atoms with van der Waals surface area (Å²) in [5.41, 5.74) is 0.554. The van der Waals surface area contributed by atoms with E-state index in [1.54, 1.807) is 12.1 Å². The topological polar surface area (TPSA) is 64.8 Å². The SMILES string of the molecule is O=S(=O)=C1Cc2ncnn2C1c1cccc(F)c1. The maximum atomic E-state index is 13.2. The van der Waals surface area contributed by atoms with Gasteiger partial charge in [0.15, 0.2) is 0 Å². The minimum Gasteiger partial charge on any atom is -0.237 e. The number of hydrogen-bond donors (Lipinski definition) is 0. The van der Waals surface area contributed by atoms with Crippen molar-refractivity contribution in [3.8, 4) is 0 Å². The van der Waals surface area contributed by atoms with Gasteiger partial charge in [-0.1, -0.05) is 12.1 Å². The summed E-state index contributed by atoms with van der Waals surface area (Å²) in [6, 6.07) is 5.27. The van der Waals surface area contributed by atoms with Crippen molar-refractivity contribution >= 4 is 15.2 Å². The summed E-state index contributed by atoms with van der Waals surface area (Å²) in [5.74, 6) is 0.167. The highest BCUT2D eigenvalue weighted by Crippen LogP contribution is 2.27. The van der Waals surface area contributed by atoms with E-state index < -0.39 is 22.2 Å². The van der Waals surface area contributed by atoms with Crippen LogP contribution >= 0.6 is 0 Å². The van der Waals surface area contributed by atoms with Gasteiger partial charge in [-0.2, -0.15) is 13.5 Å². The minimum atomic E-state index is -2.34. The molecule has 0 N–H and O–H groups in total. The van der Waals surface area contributed by atoms with Gasteiger partial charge in [-0.15, -0.1) is 0 Å². The van der Waals surface area contributed by atoms with Crippen molar-refractivity contribution < 1.29 is 12.8 Å². The molecule has 18 heavy (non-hydrogen) atoms. The molecule has 1 aliphatic rings. The van der Waals surface area contributed by atoms with Crippen molar-refractivity contribution in [3.63, 3.8) is 0 Å². The van der Waals surface area contributed by atoms with Crippen LogP contribution in [0.2, 0.25) is 0 Å². The number of aromatic nitrogens is 3. The normalized spacial score (nSPS) is 17.8.